The summed E-state index contributed by atoms with van der Waals surface area (Å²) in [7, 11) is 0. The Morgan fingerprint density at radius 3 is 2.48 bits per heavy atom. The Hall–Kier alpha value is -2.86. The first-order valence-electron chi connectivity index (χ1n) is 8.19. The average Bonchev–Trinajstić information content (AvgIpc) is 3.10. The van der Waals surface area contributed by atoms with E-state index >= 15 is 0 Å². The van der Waals surface area contributed by atoms with Crippen molar-refractivity contribution in [3.8, 4) is 17.2 Å². The van der Waals surface area contributed by atoms with E-state index in [1.165, 1.54) is 0 Å². The van der Waals surface area contributed by atoms with Crippen molar-refractivity contribution in [1.82, 2.24) is 10.1 Å². The molecular weight excluding hydrogens is 318 g/mol. The summed E-state index contributed by atoms with van der Waals surface area (Å²) in [5.74, 6) is 1.56. The molecule has 0 spiro atoms. The lowest BCUT2D eigenvalue weighted by molar-refractivity contribution is 0.191. The van der Waals surface area contributed by atoms with E-state index in [0.29, 0.717) is 11.8 Å². The fraction of sp³-hybridized carbons (Fsp3) is 0.263. The van der Waals surface area contributed by atoms with Crippen molar-refractivity contribution >= 4 is 5.95 Å². The number of hydrogen-bond donors (Lipinski definition) is 2. The highest BCUT2D eigenvalue weighted by molar-refractivity contribution is 5.53. The van der Waals surface area contributed by atoms with Gasteiger partial charge in [0, 0.05) is 12.1 Å². The zero-order valence-electron chi connectivity index (χ0n) is 14.2. The van der Waals surface area contributed by atoms with Crippen molar-refractivity contribution in [3.63, 3.8) is 0 Å². The van der Waals surface area contributed by atoms with Crippen LogP contribution in [-0.2, 0) is 0 Å². The number of rotatable bonds is 7. The SMILES string of the molecule is CC(C)Oc1ccc(C(O)CNc2noc(-c3ccccc3)n2)cc1. The largest absolute Gasteiger partial charge is 0.491 e. The van der Waals surface area contributed by atoms with Crippen LogP contribution in [0.15, 0.2) is 59.1 Å². The molecule has 1 unspecified atom stereocenters. The first kappa shape index (κ1) is 17.0. The van der Waals surface area contributed by atoms with E-state index in [1.807, 2.05) is 68.4 Å². The predicted octanol–water partition coefficient (Wildman–Crippen LogP) is 3.67. The van der Waals surface area contributed by atoms with E-state index in [0.717, 1.165) is 16.9 Å². The molecule has 25 heavy (non-hydrogen) atoms. The van der Waals surface area contributed by atoms with Gasteiger partial charge in [0.1, 0.15) is 5.75 Å². The Bertz CT molecular complexity index is 785. The van der Waals surface area contributed by atoms with Gasteiger partial charge < -0.3 is 19.7 Å². The van der Waals surface area contributed by atoms with Gasteiger partial charge in [0.2, 0.25) is 0 Å². The molecule has 0 radical (unpaired) electrons. The van der Waals surface area contributed by atoms with Crippen molar-refractivity contribution in [1.29, 1.82) is 0 Å². The lowest BCUT2D eigenvalue weighted by atomic mass is 10.1. The van der Waals surface area contributed by atoms with Gasteiger partial charge in [-0.05, 0) is 48.8 Å². The van der Waals surface area contributed by atoms with Crippen LogP contribution in [-0.4, -0.2) is 27.9 Å². The van der Waals surface area contributed by atoms with Crippen LogP contribution in [0.2, 0.25) is 0 Å². The van der Waals surface area contributed by atoms with Crippen LogP contribution in [0.25, 0.3) is 11.5 Å². The molecule has 2 N–H and O–H groups in total. The smallest absolute Gasteiger partial charge is 0.263 e. The quantitative estimate of drug-likeness (QED) is 0.684. The molecule has 130 valence electrons. The number of nitrogens with one attached hydrogen (secondary N) is 1. The normalized spacial score (nSPS) is 12.2. The van der Waals surface area contributed by atoms with Crippen LogP contribution >= 0.6 is 0 Å². The van der Waals surface area contributed by atoms with Gasteiger partial charge in [0.05, 0.1) is 12.2 Å². The first-order valence-corrected chi connectivity index (χ1v) is 8.19. The lowest BCUT2D eigenvalue weighted by Gasteiger charge is -2.13. The van der Waals surface area contributed by atoms with Crippen LogP contribution in [0.4, 0.5) is 5.95 Å². The molecule has 0 fully saturated rings. The van der Waals surface area contributed by atoms with Gasteiger partial charge in [-0.25, -0.2) is 0 Å². The summed E-state index contributed by atoms with van der Waals surface area (Å²) < 4.78 is 10.8. The highest BCUT2D eigenvalue weighted by atomic mass is 16.5. The van der Waals surface area contributed by atoms with Crippen molar-refractivity contribution in [2.75, 3.05) is 11.9 Å². The number of hydrogen-bond acceptors (Lipinski definition) is 6. The number of aliphatic hydroxyl groups is 1. The maximum Gasteiger partial charge on any atom is 0.263 e. The maximum absolute atomic E-state index is 10.3. The molecular formula is C19H21N3O3. The standard InChI is InChI=1S/C19H21N3O3/c1-13(2)24-16-10-8-14(9-11-16)17(23)12-20-19-21-18(25-22-19)15-6-4-3-5-7-15/h3-11,13,17,23H,12H2,1-2H3,(H,20,22). The van der Waals surface area contributed by atoms with Crippen LogP contribution in [0.5, 0.6) is 5.75 Å². The molecule has 1 aromatic heterocycles. The topological polar surface area (TPSA) is 80.4 Å². The second kappa shape index (κ2) is 7.81. The molecule has 3 aromatic rings. The summed E-state index contributed by atoms with van der Waals surface area (Å²) in [6, 6.07) is 16.9. The Labute approximate surface area is 146 Å². The molecule has 6 heteroatoms. The zero-order chi connectivity index (χ0) is 17.6. The minimum absolute atomic E-state index is 0.120. The van der Waals surface area contributed by atoms with Crippen molar-refractivity contribution in [2.24, 2.45) is 0 Å². The van der Waals surface area contributed by atoms with Crippen LogP contribution in [0.1, 0.15) is 25.5 Å². The average molecular weight is 339 g/mol. The summed E-state index contributed by atoms with van der Waals surface area (Å²) in [5, 5.41) is 17.1. The molecule has 0 aliphatic carbocycles. The second-order valence-electron chi connectivity index (χ2n) is 5.92. The predicted molar refractivity (Wildman–Crippen MR) is 95.4 cm³/mol. The van der Waals surface area contributed by atoms with E-state index in [-0.39, 0.29) is 12.6 Å². The fourth-order valence-corrected chi connectivity index (χ4v) is 2.34. The Balaban J connectivity index is 1.57. The van der Waals surface area contributed by atoms with Gasteiger partial charge in [-0.1, -0.05) is 30.3 Å². The number of nitrogens with zero attached hydrogens (tertiary/aromatic N) is 2. The third-order valence-electron chi connectivity index (χ3n) is 3.54. The van der Waals surface area contributed by atoms with Gasteiger partial charge in [-0.2, -0.15) is 4.98 Å². The third kappa shape index (κ3) is 4.58. The molecule has 1 heterocycles. The summed E-state index contributed by atoms with van der Waals surface area (Å²) in [6.07, 6.45) is -0.568. The Morgan fingerprint density at radius 2 is 1.80 bits per heavy atom. The Kier molecular flexibility index (Phi) is 5.30. The summed E-state index contributed by atoms with van der Waals surface area (Å²) in [4.78, 5) is 4.27. The highest BCUT2D eigenvalue weighted by Crippen LogP contribution is 2.20. The fourth-order valence-electron chi connectivity index (χ4n) is 2.34. The van der Waals surface area contributed by atoms with Crippen molar-refractivity contribution in [3.05, 3.63) is 60.2 Å². The molecule has 0 saturated heterocycles. The van der Waals surface area contributed by atoms with Gasteiger partial charge >= 0.3 is 0 Å². The number of benzene rings is 2. The first-order chi connectivity index (χ1) is 12.1. The van der Waals surface area contributed by atoms with E-state index in [2.05, 4.69) is 15.5 Å². The third-order valence-corrected chi connectivity index (χ3v) is 3.54. The monoisotopic (exact) mass is 339 g/mol. The van der Waals surface area contributed by atoms with Crippen molar-refractivity contribution < 1.29 is 14.4 Å². The summed E-state index contributed by atoms with van der Waals surface area (Å²) in [6.45, 7) is 4.22. The molecule has 0 aliphatic heterocycles. The minimum atomic E-state index is -0.688. The molecule has 0 saturated carbocycles. The lowest BCUT2D eigenvalue weighted by Crippen LogP contribution is -2.13. The number of aliphatic hydroxyl groups excluding tert-OH is 1. The number of anilines is 1. The van der Waals surface area contributed by atoms with Crippen molar-refractivity contribution in [2.45, 2.75) is 26.1 Å². The molecule has 0 aliphatic rings. The van der Waals surface area contributed by atoms with Crippen LogP contribution < -0.4 is 10.1 Å². The second-order valence-corrected chi connectivity index (χ2v) is 5.92. The molecule has 6 nitrogen and oxygen atoms in total. The van der Waals surface area contributed by atoms with E-state index < -0.39 is 6.10 Å². The molecule has 0 amide bonds. The highest BCUT2D eigenvalue weighted by Gasteiger charge is 2.12. The maximum atomic E-state index is 10.3. The summed E-state index contributed by atoms with van der Waals surface area (Å²) >= 11 is 0. The summed E-state index contributed by atoms with van der Waals surface area (Å²) in [5.41, 5.74) is 1.64. The number of aromatic nitrogens is 2. The molecule has 0 bridgehead atoms. The van der Waals surface area contributed by atoms with E-state index in [9.17, 15) is 5.11 Å². The van der Waals surface area contributed by atoms with Gasteiger partial charge in [-0.15, -0.1) is 0 Å². The minimum Gasteiger partial charge on any atom is -0.491 e. The molecule has 1 atom stereocenters. The van der Waals surface area contributed by atoms with Gasteiger partial charge in [-0.3, -0.25) is 0 Å². The zero-order valence-corrected chi connectivity index (χ0v) is 14.2. The molecule has 2 aromatic carbocycles. The van der Waals surface area contributed by atoms with Crippen LogP contribution in [0.3, 0.4) is 0 Å². The van der Waals surface area contributed by atoms with Gasteiger partial charge in [0.15, 0.2) is 0 Å². The van der Waals surface area contributed by atoms with Crippen LogP contribution in [0, 0.1) is 0 Å². The molecule has 3 rings (SSSR count). The van der Waals surface area contributed by atoms with Gasteiger partial charge in [0.25, 0.3) is 11.8 Å². The number of ether oxygens (including phenoxy) is 1. The van der Waals surface area contributed by atoms with E-state index in [1.54, 1.807) is 0 Å². The van der Waals surface area contributed by atoms with E-state index in [4.69, 9.17) is 9.26 Å². The Morgan fingerprint density at radius 1 is 1.08 bits per heavy atom.